The molecule has 1 N–H and O–H groups in total. The van der Waals surface area contributed by atoms with Crippen molar-refractivity contribution in [2.24, 2.45) is 0 Å². The second-order valence-corrected chi connectivity index (χ2v) is 4.32. The van der Waals surface area contributed by atoms with Crippen LogP contribution in [0.3, 0.4) is 0 Å². The Kier molecular flexibility index (Phi) is 4.85. The van der Waals surface area contributed by atoms with Crippen molar-refractivity contribution in [1.29, 1.82) is 0 Å². The minimum Gasteiger partial charge on any atom is -0.354 e. The molecule has 19 heavy (non-hydrogen) atoms. The zero-order valence-corrected chi connectivity index (χ0v) is 11.6. The van der Waals surface area contributed by atoms with Crippen LogP contribution < -0.4 is 5.32 Å². The Hall–Kier alpha value is -1.49. The first-order valence-electron chi connectivity index (χ1n) is 6.43. The number of rotatable bonds is 6. The van der Waals surface area contributed by atoms with Crippen LogP contribution in [-0.4, -0.2) is 32.0 Å². The quantitative estimate of drug-likeness (QED) is 0.810. The summed E-state index contributed by atoms with van der Waals surface area (Å²) in [7, 11) is 3.32. The Morgan fingerprint density at radius 2 is 2.00 bits per heavy atom. The molecule has 1 aromatic carbocycles. The zero-order valence-electron chi connectivity index (χ0n) is 11.6. The number of hydrogen-bond acceptors (Lipinski definition) is 4. The van der Waals surface area contributed by atoms with Crippen molar-refractivity contribution in [3.8, 4) is 0 Å². The Morgan fingerprint density at radius 3 is 2.68 bits per heavy atom. The molecule has 0 saturated heterocycles. The molecule has 0 amide bonds. The normalized spacial score (nSPS) is 13.1. The van der Waals surface area contributed by atoms with Gasteiger partial charge in [-0.3, -0.25) is 4.98 Å². The van der Waals surface area contributed by atoms with E-state index in [9.17, 15) is 0 Å². The summed E-state index contributed by atoms with van der Waals surface area (Å²) in [6.45, 7) is 2.91. The van der Waals surface area contributed by atoms with E-state index in [1.807, 2.05) is 24.5 Å². The lowest BCUT2D eigenvalue weighted by molar-refractivity contribution is -0.123. The van der Waals surface area contributed by atoms with Gasteiger partial charge in [-0.05, 0) is 23.6 Å². The highest BCUT2D eigenvalue weighted by Crippen LogP contribution is 2.27. The van der Waals surface area contributed by atoms with Crippen LogP contribution in [0.5, 0.6) is 0 Å². The molecule has 0 bridgehead atoms. The maximum absolute atomic E-state index is 5.42. The largest absolute Gasteiger partial charge is 0.354 e. The molecular formula is C15H20N2O2. The van der Waals surface area contributed by atoms with E-state index in [1.54, 1.807) is 14.2 Å². The van der Waals surface area contributed by atoms with Gasteiger partial charge in [-0.25, -0.2) is 0 Å². The number of methoxy groups -OCH3 is 2. The van der Waals surface area contributed by atoms with Crippen molar-refractivity contribution in [2.75, 3.05) is 20.8 Å². The highest BCUT2D eigenvalue weighted by atomic mass is 16.7. The van der Waals surface area contributed by atoms with Crippen LogP contribution in [0.15, 0.2) is 36.7 Å². The lowest BCUT2D eigenvalue weighted by atomic mass is 9.99. The fraction of sp³-hybridized carbons (Fsp3) is 0.400. The van der Waals surface area contributed by atoms with Crippen LogP contribution in [0.1, 0.15) is 18.5 Å². The molecule has 102 valence electrons. The molecule has 2 rings (SSSR count). The maximum atomic E-state index is 5.42. The summed E-state index contributed by atoms with van der Waals surface area (Å²) in [5, 5.41) is 5.71. The summed E-state index contributed by atoms with van der Waals surface area (Å²) in [5.74, 6) is 0. The number of hydrogen-bond donors (Lipinski definition) is 1. The van der Waals surface area contributed by atoms with Gasteiger partial charge in [0.25, 0.3) is 0 Å². The lowest BCUT2D eigenvalue weighted by Crippen LogP contribution is -2.34. The molecular weight excluding hydrogens is 240 g/mol. The molecule has 0 aliphatic carbocycles. The van der Waals surface area contributed by atoms with E-state index in [0.717, 1.165) is 17.5 Å². The summed E-state index contributed by atoms with van der Waals surface area (Å²) in [4.78, 5) is 4.16. The first kappa shape index (κ1) is 13.9. The topological polar surface area (TPSA) is 43.4 Å². The SMILES string of the molecule is CCNC(c1cccc2cnccc12)C(OC)OC. The number of nitrogens with one attached hydrogen (secondary N) is 1. The van der Waals surface area contributed by atoms with Gasteiger partial charge in [-0.15, -0.1) is 0 Å². The molecule has 1 unspecified atom stereocenters. The summed E-state index contributed by atoms with van der Waals surface area (Å²) in [6.07, 6.45) is 3.36. The van der Waals surface area contributed by atoms with E-state index in [2.05, 4.69) is 29.4 Å². The van der Waals surface area contributed by atoms with E-state index in [0.29, 0.717) is 0 Å². The fourth-order valence-electron chi connectivity index (χ4n) is 2.36. The van der Waals surface area contributed by atoms with Gasteiger partial charge >= 0.3 is 0 Å². The van der Waals surface area contributed by atoms with Crippen molar-refractivity contribution >= 4 is 10.8 Å². The monoisotopic (exact) mass is 260 g/mol. The van der Waals surface area contributed by atoms with Gasteiger partial charge in [-0.2, -0.15) is 0 Å². The predicted molar refractivity (Wildman–Crippen MR) is 76.0 cm³/mol. The zero-order chi connectivity index (χ0) is 13.7. The van der Waals surface area contributed by atoms with E-state index in [-0.39, 0.29) is 12.3 Å². The molecule has 0 fully saturated rings. The van der Waals surface area contributed by atoms with Crippen molar-refractivity contribution in [2.45, 2.75) is 19.3 Å². The van der Waals surface area contributed by atoms with Gasteiger partial charge in [0.1, 0.15) is 0 Å². The first-order chi connectivity index (χ1) is 9.31. The van der Waals surface area contributed by atoms with Gasteiger partial charge in [0.05, 0.1) is 6.04 Å². The van der Waals surface area contributed by atoms with Gasteiger partial charge in [0.2, 0.25) is 0 Å². The number of ether oxygens (including phenoxy) is 2. The molecule has 0 saturated carbocycles. The van der Waals surface area contributed by atoms with Gasteiger partial charge in [0.15, 0.2) is 6.29 Å². The van der Waals surface area contributed by atoms with Gasteiger partial charge in [-0.1, -0.05) is 25.1 Å². The molecule has 1 heterocycles. The number of nitrogens with zero attached hydrogens (tertiary/aromatic N) is 1. The molecule has 0 spiro atoms. The molecule has 1 aromatic heterocycles. The summed E-state index contributed by atoms with van der Waals surface area (Å²) >= 11 is 0. The third kappa shape index (κ3) is 2.92. The van der Waals surface area contributed by atoms with E-state index in [4.69, 9.17) is 9.47 Å². The molecule has 0 aliphatic heterocycles. The standard InChI is InChI=1S/C15H20N2O2/c1-4-17-14(15(18-2)19-3)13-7-5-6-11-10-16-9-8-12(11)13/h5-10,14-15,17H,4H2,1-3H3. The van der Waals surface area contributed by atoms with Crippen LogP contribution in [0.2, 0.25) is 0 Å². The highest BCUT2D eigenvalue weighted by Gasteiger charge is 2.23. The number of benzene rings is 1. The van der Waals surface area contributed by atoms with Crippen LogP contribution in [-0.2, 0) is 9.47 Å². The van der Waals surface area contributed by atoms with Gasteiger partial charge in [0, 0.05) is 32.0 Å². The second kappa shape index (κ2) is 6.61. The van der Waals surface area contributed by atoms with Crippen LogP contribution in [0.25, 0.3) is 10.8 Å². The molecule has 4 heteroatoms. The molecule has 2 aromatic rings. The van der Waals surface area contributed by atoms with Crippen LogP contribution in [0, 0.1) is 0 Å². The number of fused-ring (bicyclic) bond motifs is 1. The number of aromatic nitrogens is 1. The van der Waals surface area contributed by atoms with Crippen molar-refractivity contribution < 1.29 is 9.47 Å². The van der Waals surface area contributed by atoms with E-state index in [1.165, 1.54) is 5.39 Å². The van der Waals surface area contributed by atoms with E-state index >= 15 is 0 Å². The number of pyridine rings is 1. The summed E-state index contributed by atoms with van der Waals surface area (Å²) < 4.78 is 10.8. The third-order valence-electron chi connectivity index (χ3n) is 3.21. The van der Waals surface area contributed by atoms with Crippen LogP contribution in [0.4, 0.5) is 0 Å². The van der Waals surface area contributed by atoms with Crippen molar-refractivity contribution in [1.82, 2.24) is 10.3 Å². The predicted octanol–water partition coefficient (Wildman–Crippen LogP) is 2.50. The summed E-state index contributed by atoms with van der Waals surface area (Å²) in [5.41, 5.74) is 1.16. The Bertz CT molecular complexity index is 521. The highest BCUT2D eigenvalue weighted by molar-refractivity contribution is 5.85. The molecule has 1 atom stereocenters. The van der Waals surface area contributed by atoms with Gasteiger partial charge < -0.3 is 14.8 Å². The first-order valence-corrected chi connectivity index (χ1v) is 6.43. The lowest BCUT2D eigenvalue weighted by Gasteiger charge is -2.26. The average molecular weight is 260 g/mol. The van der Waals surface area contributed by atoms with Crippen LogP contribution >= 0.6 is 0 Å². The smallest absolute Gasteiger partial charge is 0.176 e. The Morgan fingerprint density at radius 1 is 1.21 bits per heavy atom. The minimum atomic E-state index is -0.321. The Labute approximate surface area is 113 Å². The van der Waals surface area contributed by atoms with Crippen molar-refractivity contribution in [3.63, 3.8) is 0 Å². The number of likely N-dealkylation sites (N-methyl/N-ethyl adjacent to an activating group) is 1. The maximum Gasteiger partial charge on any atom is 0.176 e. The third-order valence-corrected chi connectivity index (χ3v) is 3.21. The average Bonchev–Trinajstić information content (AvgIpc) is 2.47. The second-order valence-electron chi connectivity index (χ2n) is 4.32. The molecule has 0 radical (unpaired) electrons. The van der Waals surface area contributed by atoms with E-state index < -0.39 is 0 Å². The molecule has 0 aliphatic rings. The molecule has 4 nitrogen and oxygen atoms in total. The summed E-state index contributed by atoms with van der Waals surface area (Å²) in [6, 6.07) is 8.21. The Balaban J connectivity index is 2.49. The van der Waals surface area contributed by atoms with Crippen molar-refractivity contribution in [3.05, 3.63) is 42.2 Å². The minimum absolute atomic E-state index is 0.00824. The fourth-order valence-corrected chi connectivity index (χ4v) is 2.36.